The molecule has 0 heterocycles. The topological polar surface area (TPSA) is 69.6 Å². The maximum Gasteiger partial charge on any atom is 0.303 e. The minimum Gasteiger partial charge on any atom is -0.481 e. The van der Waals surface area contributed by atoms with Crippen LogP contribution in [0.15, 0.2) is 24.3 Å². The number of hydrogen-bond acceptors (Lipinski definition) is 3. The van der Waals surface area contributed by atoms with E-state index in [1.54, 1.807) is 0 Å². The molecule has 0 saturated carbocycles. The number of hydrogen-bond donors (Lipinski definition) is 3. The van der Waals surface area contributed by atoms with Gasteiger partial charge in [-0.2, -0.15) is 0 Å². The van der Waals surface area contributed by atoms with Crippen LogP contribution in [0, 0.1) is 0 Å². The van der Waals surface area contributed by atoms with Gasteiger partial charge in [-0.05, 0) is 36.9 Å². The summed E-state index contributed by atoms with van der Waals surface area (Å²) in [5.41, 5.74) is 2.07. The van der Waals surface area contributed by atoms with E-state index in [0.717, 1.165) is 31.4 Å². The Morgan fingerprint density at radius 1 is 1.24 bits per heavy atom. The molecule has 0 aliphatic heterocycles. The van der Waals surface area contributed by atoms with Crippen LogP contribution in [0.4, 0.5) is 0 Å². The third kappa shape index (κ3) is 6.27. The van der Waals surface area contributed by atoms with Gasteiger partial charge in [0.15, 0.2) is 0 Å². The van der Waals surface area contributed by atoms with Gasteiger partial charge in [-0.25, -0.2) is 0 Å². The van der Waals surface area contributed by atoms with Gasteiger partial charge in [0, 0.05) is 12.5 Å². The third-order valence-corrected chi connectivity index (χ3v) is 3.72. The standard InChI is InChI=1S/C17H27NO3/c1-3-5-12-18-15(10-11-16(19)20)17(21)14-8-6-13(4-2)7-9-14/h6-9,15,17-18,21H,3-5,10-12H2,1-2H3,(H,19,20). The van der Waals surface area contributed by atoms with Gasteiger partial charge in [-0.1, -0.05) is 44.5 Å². The van der Waals surface area contributed by atoms with Crippen molar-refractivity contribution in [2.24, 2.45) is 0 Å². The van der Waals surface area contributed by atoms with Crippen molar-refractivity contribution < 1.29 is 15.0 Å². The molecule has 0 radical (unpaired) electrons. The maximum atomic E-state index is 10.8. The van der Waals surface area contributed by atoms with Crippen LogP contribution in [-0.4, -0.2) is 28.8 Å². The number of nitrogens with one attached hydrogen (secondary N) is 1. The Bertz CT molecular complexity index is 417. The molecule has 4 nitrogen and oxygen atoms in total. The maximum absolute atomic E-state index is 10.8. The summed E-state index contributed by atoms with van der Waals surface area (Å²) in [5.74, 6) is -0.828. The summed E-state index contributed by atoms with van der Waals surface area (Å²) >= 11 is 0. The first kappa shape index (κ1) is 17.7. The lowest BCUT2D eigenvalue weighted by Gasteiger charge is -2.24. The van der Waals surface area contributed by atoms with E-state index in [1.165, 1.54) is 5.56 Å². The van der Waals surface area contributed by atoms with Gasteiger partial charge in [-0.3, -0.25) is 4.79 Å². The van der Waals surface area contributed by atoms with Gasteiger partial charge in [0.25, 0.3) is 0 Å². The molecule has 3 N–H and O–H groups in total. The lowest BCUT2D eigenvalue weighted by Crippen LogP contribution is -2.36. The molecule has 118 valence electrons. The molecule has 2 unspecified atom stereocenters. The summed E-state index contributed by atoms with van der Waals surface area (Å²) in [4.78, 5) is 10.8. The third-order valence-electron chi connectivity index (χ3n) is 3.72. The predicted molar refractivity (Wildman–Crippen MR) is 84.3 cm³/mol. The first-order valence-electron chi connectivity index (χ1n) is 7.80. The minimum absolute atomic E-state index is 0.0634. The van der Waals surface area contributed by atoms with Gasteiger partial charge in [0.1, 0.15) is 0 Å². The van der Waals surface area contributed by atoms with Crippen molar-refractivity contribution in [2.75, 3.05) is 6.54 Å². The van der Waals surface area contributed by atoms with Gasteiger partial charge in [-0.15, -0.1) is 0 Å². The summed E-state index contributed by atoms with van der Waals surface area (Å²) in [6, 6.07) is 7.66. The molecule has 0 aliphatic carbocycles. The predicted octanol–water partition coefficient (Wildman–Crippen LogP) is 2.91. The number of aryl methyl sites for hydroxylation is 1. The normalized spacial score (nSPS) is 13.9. The highest BCUT2D eigenvalue weighted by atomic mass is 16.4. The Morgan fingerprint density at radius 2 is 1.90 bits per heavy atom. The van der Waals surface area contributed by atoms with E-state index < -0.39 is 12.1 Å². The molecule has 0 aromatic heterocycles. The molecule has 21 heavy (non-hydrogen) atoms. The summed E-state index contributed by atoms with van der Waals surface area (Å²) in [5, 5.41) is 22.6. The molecule has 1 aromatic carbocycles. The Balaban J connectivity index is 2.70. The van der Waals surface area contributed by atoms with E-state index in [4.69, 9.17) is 5.11 Å². The smallest absolute Gasteiger partial charge is 0.303 e. The van der Waals surface area contributed by atoms with E-state index in [9.17, 15) is 9.90 Å². The zero-order valence-electron chi connectivity index (χ0n) is 13.0. The second-order valence-corrected chi connectivity index (χ2v) is 5.39. The van der Waals surface area contributed by atoms with Crippen LogP contribution >= 0.6 is 0 Å². The van der Waals surface area contributed by atoms with Crippen LogP contribution in [0.3, 0.4) is 0 Å². The molecule has 0 bridgehead atoms. The fourth-order valence-corrected chi connectivity index (χ4v) is 2.30. The Kier molecular flexibility index (Phi) is 8.01. The van der Waals surface area contributed by atoms with Crippen molar-refractivity contribution in [3.8, 4) is 0 Å². The van der Waals surface area contributed by atoms with Crippen molar-refractivity contribution in [1.29, 1.82) is 0 Å². The highest BCUT2D eigenvalue weighted by Gasteiger charge is 2.21. The molecule has 4 heteroatoms. The number of aliphatic hydroxyl groups excluding tert-OH is 1. The molecular weight excluding hydrogens is 266 g/mol. The molecule has 1 rings (SSSR count). The molecule has 0 amide bonds. The van der Waals surface area contributed by atoms with Gasteiger partial charge < -0.3 is 15.5 Å². The summed E-state index contributed by atoms with van der Waals surface area (Å²) in [6.07, 6.45) is 2.87. The first-order chi connectivity index (χ1) is 10.1. The van der Waals surface area contributed by atoms with Crippen LogP contribution in [0.5, 0.6) is 0 Å². The van der Waals surface area contributed by atoms with E-state index in [0.29, 0.717) is 6.42 Å². The number of benzene rings is 1. The number of unbranched alkanes of at least 4 members (excludes halogenated alkanes) is 1. The van der Waals surface area contributed by atoms with Crippen LogP contribution in [0.25, 0.3) is 0 Å². The van der Waals surface area contributed by atoms with E-state index >= 15 is 0 Å². The molecule has 0 saturated heterocycles. The van der Waals surface area contributed by atoms with Crippen molar-refractivity contribution in [2.45, 2.75) is 58.1 Å². The summed E-state index contributed by atoms with van der Waals surface area (Å²) in [7, 11) is 0. The van der Waals surface area contributed by atoms with Crippen LogP contribution in [0.2, 0.25) is 0 Å². The number of rotatable bonds is 10. The van der Waals surface area contributed by atoms with Gasteiger partial charge >= 0.3 is 5.97 Å². The number of carboxylic acids is 1. The lowest BCUT2D eigenvalue weighted by atomic mass is 9.97. The highest BCUT2D eigenvalue weighted by Crippen LogP contribution is 2.21. The first-order valence-corrected chi connectivity index (χ1v) is 7.80. The van der Waals surface area contributed by atoms with E-state index in [-0.39, 0.29) is 12.5 Å². The van der Waals surface area contributed by atoms with E-state index in [1.807, 2.05) is 24.3 Å². The number of carbonyl (C=O) groups is 1. The average molecular weight is 293 g/mol. The lowest BCUT2D eigenvalue weighted by molar-refractivity contribution is -0.137. The second-order valence-electron chi connectivity index (χ2n) is 5.39. The Hall–Kier alpha value is -1.39. The monoisotopic (exact) mass is 293 g/mol. The Morgan fingerprint density at radius 3 is 2.43 bits per heavy atom. The summed E-state index contributed by atoms with van der Waals surface area (Å²) < 4.78 is 0. The van der Waals surface area contributed by atoms with Crippen LogP contribution < -0.4 is 5.32 Å². The average Bonchev–Trinajstić information content (AvgIpc) is 2.50. The van der Waals surface area contributed by atoms with Crippen molar-refractivity contribution in [3.05, 3.63) is 35.4 Å². The largest absolute Gasteiger partial charge is 0.481 e. The zero-order chi connectivity index (χ0) is 15.7. The van der Waals surface area contributed by atoms with Gasteiger partial charge in [0.05, 0.1) is 6.10 Å². The fourth-order valence-electron chi connectivity index (χ4n) is 2.30. The number of aliphatic carboxylic acids is 1. The van der Waals surface area contributed by atoms with E-state index in [2.05, 4.69) is 19.2 Å². The minimum atomic E-state index is -0.828. The number of aliphatic hydroxyl groups is 1. The van der Waals surface area contributed by atoms with Crippen molar-refractivity contribution in [3.63, 3.8) is 0 Å². The molecule has 2 atom stereocenters. The molecule has 1 aromatic rings. The zero-order valence-corrected chi connectivity index (χ0v) is 13.0. The number of carboxylic acid groups (broad SMARTS) is 1. The SMILES string of the molecule is CCCCNC(CCC(=O)O)C(O)c1ccc(CC)cc1. The highest BCUT2D eigenvalue weighted by molar-refractivity contribution is 5.66. The second kappa shape index (κ2) is 9.53. The van der Waals surface area contributed by atoms with Crippen molar-refractivity contribution in [1.82, 2.24) is 5.32 Å². The van der Waals surface area contributed by atoms with Crippen LogP contribution in [-0.2, 0) is 11.2 Å². The van der Waals surface area contributed by atoms with Crippen LogP contribution in [0.1, 0.15) is 56.8 Å². The summed E-state index contributed by atoms with van der Waals surface area (Å²) in [6.45, 7) is 4.99. The Labute approximate surface area is 127 Å². The van der Waals surface area contributed by atoms with Gasteiger partial charge in [0.2, 0.25) is 0 Å². The fraction of sp³-hybridized carbons (Fsp3) is 0.588. The molecular formula is C17H27NO3. The molecule has 0 aliphatic rings. The molecule has 0 fully saturated rings. The van der Waals surface area contributed by atoms with Crippen molar-refractivity contribution >= 4 is 5.97 Å². The molecule has 0 spiro atoms. The quantitative estimate of drug-likeness (QED) is 0.580.